The fraction of sp³-hybridized carbons (Fsp3) is 0.0667. The first-order valence-corrected chi connectivity index (χ1v) is 6.03. The van der Waals surface area contributed by atoms with Crippen molar-refractivity contribution in [1.82, 2.24) is 4.98 Å². The Morgan fingerprint density at radius 3 is 2.62 bits per heavy atom. The number of aromatic carboxylic acids is 1. The fourth-order valence-corrected chi connectivity index (χ4v) is 1.69. The zero-order chi connectivity index (χ0) is 15.4. The van der Waals surface area contributed by atoms with Gasteiger partial charge in [0.25, 0.3) is 5.91 Å². The summed E-state index contributed by atoms with van der Waals surface area (Å²) in [4.78, 5) is 26.7. The minimum Gasteiger partial charge on any atom is -0.477 e. The van der Waals surface area contributed by atoms with Crippen LogP contribution >= 0.6 is 0 Å². The smallest absolute Gasteiger partial charge is 0.354 e. The van der Waals surface area contributed by atoms with E-state index >= 15 is 0 Å². The standard InChI is InChI=1S/C15H11N3O3/c1-9-5-6-10(8-16)7-13(9)18-14(19)11-3-2-4-12(17-11)15(20)21/h2-7H,1H3,(H,18,19)(H,20,21). The maximum Gasteiger partial charge on any atom is 0.354 e. The summed E-state index contributed by atoms with van der Waals surface area (Å²) in [6, 6.07) is 11.1. The molecule has 2 rings (SSSR count). The number of carboxylic acid groups (broad SMARTS) is 1. The number of nitrogens with zero attached hydrogens (tertiary/aromatic N) is 2. The van der Waals surface area contributed by atoms with E-state index in [1.165, 1.54) is 18.2 Å². The number of carbonyl (C=O) groups excluding carboxylic acids is 1. The highest BCUT2D eigenvalue weighted by molar-refractivity contribution is 6.04. The number of aryl methyl sites for hydroxylation is 1. The van der Waals surface area contributed by atoms with Crippen molar-refractivity contribution in [3.8, 4) is 6.07 Å². The summed E-state index contributed by atoms with van der Waals surface area (Å²) in [5.74, 6) is -1.73. The molecule has 104 valence electrons. The van der Waals surface area contributed by atoms with Gasteiger partial charge < -0.3 is 10.4 Å². The van der Waals surface area contributed by atoms with Gasteiger partial charge in [0.2, 0.25) is 0 Å². The number of carboxylic acids is 1. The van der Waals surface area contributed by atoms with E-state index < -0.39 is 11.9 Å². The molecule has 0 aliphatic heterocycles. The number of nitrogens with one attached hydrogen (secondary N) is 1. The minimum atomic E-state index is -1.20. The van der Waals surface area contributed by atoms with Crippen LogP contribution in [-0.4, -0.2) is 22.0 Å². The first-order valence-electron chi connectivity index (χ1n) is 6.03. The monoisotopic (exact) mass is 281 g/mol. The molecule has 0 saturated carbocycles. The maximum atomic E-state index is 12.1. The third-order valence-electron chi connectivity index (χ3n) is 2.82. The van der Waals surface area contributed by atoms with Crippen molar-refractivity contribution in [2.24, 2.45) is 0 Å². The molecule has 21 heavy (non-hydrogen) atoms. The summed E-state index contributed by atoms with van der Waals surface area (Å²) in [6.07, 6.45) is 0. The van der Waals surface area contributed by atoms with Crippen molar-refractivity contribution in [3.05, 3.63) is 58.9 Å². The normalized spacial score (nSPS) is 9.71. The van der Waals surface area contributed by atoms with Gasteiger partial charge >= 0.3 is 5.97 Å². The van der Waals surface area contributed by atoms with Gasteiger partial charge in [-0.1, -0.05) is 12.1 Å². The molecule has 0 atom stereocenters. The molecular weight excluding hydrogens is 270 g/mol. The molecule has 0 radical (unpaired) electrons. The van der Waals surface area contributed by atoms with Crippen LogP contribution in [-0.2, 0) is 0 Å². The van der Waals surface area contributed by atoms with E-state index in [0.717, 1.165) is 5.56 Å². The van der Waals surface area contributed by atoms with Crippen molar-refractivity contribution in [2.45, 2.75) is 6.92 Å². The van der Waals surface area contributed by atoms with E-state index in [-0.39, 0.29) is 11.4 Å². The Hall–Kier alpha value is -3.20. The van der Waals surface area contributed by atoms with Crippen LogP contribution in [0.1, 0.15) is 32.1 Å². The van der Waals surface area contributed by atoms with Gasteiger partial charge in [-0.25, -0.2) is 9.78 Å². The van der Waals surface area contributed by atoms with Gasteiger partial charge in [0.15, 0.2) is 0 Å². The number of aromatic nitrogens is 1. The highest BCUT2D eigenvalue weighted by Crippen LogP contribution is 2.17. The number of pyridine rings is 1. The van der Waals surface area contributed by atoms with Gasteiger partial charge in [-0.3, -0.25) is 4.79 Å². The SMILES string of the molecule is Cc1ccc(C#N)cc1NC(=O)c1cccc(C(=O)O)n1. The summed E-state index contributed by atoms with van der Waals surface area (Å²) in [5, 5.41) is 20.3. The van der Waals surface area contributed by atoms with Crippen molar-refractivity contribution in [3.63, 3.8) is 0 Å². The van der Waals surface area contributed by atoms with E-state index in [1.807, 2.05) is 6.07 Å². The van der Waals surface area contributed by atoms with Crippen molar-refractivity contribution in [2.75, 3.05) is 5.32 Å². The van der Waals surface area contributed by atoms with Crippen LogP contribution in [0.15, 0.2) is 36.4 Å². The Balaban J connectivity index is 2.28. The summed E-state index contributed by atoms with van der Waals surface area (Å²) < 4.78 is 0. The van der Waals surface area contributed by atoms with Gasteiger partial charge in [-0.05, 0) is 36.8 Å². The number of benzene rings is 1. The molecule has 0 aliphatic carbocycles. The Morgan fingerprint density at radius 2 is 1.95 bits per heavy atom. The molecule has 0 spiro atoms. The molecule has 0 bridgehead atoms. The predicted molar refractivity (Wildman–Crippen MR) is 75.0 cm³/mol. The highest BCUT2D eigenvalue weighted by atomic mass is 16.4. The Bertz CT molecular complexity index is 763. The number of hydrogen-bond donors (Lipinski definition) is 2. The lowest BCUT2D eigenvalue weighted by molar-refractivity contribution is 0.0690. The van der Waals surface area contributed by atoms with E-state index in [0.29, 0.717) is 11.3 Å². The number of nitriles is 1. The molecule has 2 aromatic rings. The number of anilines is 1. The zero-order valence-corrected chi connectivity index (χ0v) is 11.1. The molecule has 0 unspecified atom stereocenters. The van der Waals surface area contributed by atoms with Gasteiger partial charge in [-0.15, -0.1) is 0 Å². The Labute approximate surface area is 120 Å². The number of amides is 1. The molecule has 1 heterocycles. The largest absolute Gasteiger partial charge is 0.477 e. The van der Waals surface area contributed by atoms with Crippen LogP contribution in [0.25, 0.3) is 0 Å². The van der Waals surface area contributed by atoms with Crippen LogP contribution in [0.5, 0.6) is 0 Å². The fourth-order valence-electron chi connectivity index (χ4n) is 1.69. The van der Waals surface area contributed by atoms with Crippen LogP contribution in [0.3, 0.4) is 0 Å². The first kappa shape index (κ1) is 14.2. The molecule has 1 aromatic heterocycles. The van der Waals surface area contributed by atoms with Gasteiger partial charge in [0.1, 0.15) is 11.4 Å². The second-order valence-corrected chi connectivity index (χ2v) is 4.31. The van der Waals surface area contributed by atoms with E-state index in [9.17, 15) is 9.59 Å². The quantitative estimate of drug-likeness (QED) is 0.897. The van der Waals surface area contributed by atoms with Gasteiger partial charge in [0, 0.05) is 5.69 Å². The number of rotatable bonds is 3. The average molecular weight is 281 g/mol. The average Bonchev–Trinajstić information content (AvgIpc) is 2.49. The maximum absolute atomic E-state index is 12.1. The summed E-state index contributed by atoms with van der Waals surface area (Å²) in [7, 11) is 0. The summed E-state index contributed by atoms with van der Waals surface area (Å²) in [5.41, 5.74) is 1.49. The summed E-state index contributed by atoms with van der Waals surface area (Å²) >= 11 is 0. The second kappa shape index (κ2) is 5.84. The van der Waals surface area contributed by atoms with E-state index in [4.69, 9.17) is 10.4 Å². The van der Waals surface area contributed by atoms with Gasteiger partial charge in [0.05, 0.1) is 11.6 Å². The van der Waals surface area contributed by atoms with Crippen LogP contribution in [0.2, 0.25) is 0 Å². The number of hydrogen-bond acceptors (Lipinski definition) is 4. The van der Waals surface area contributed by atoms with Crippen LogP contribution < -0.4 is 5.32 Å². The number of carbonyl (C=O) groups is 2. The summed E-state index contributed by atoms with van der Waals surface area (Å²) in [6.45, 7) is 1.79. The Kier molecular flexibility index (Phi) is 3.95. The molecule has 1 aromatic carbocycles. The molecule has 6 nitrogen and oxygen atoms in total. The lowest BCUT2D eigenvalue weighted by Gasteiger charge is -2.08. The third kappa shape index (κ3) is 3.22. The van der Waals surface area contributed by atoms with Gasteiger partial charge in [-0.2, -0.15) is 5.26 Å². The highest BCUT2D eigenvalue weighted by Gasteiger charge is 2.12. The van der Waals surface area contributed by atoms with E-state index in [2.05, 4.69) is 10.3 Å². The molecule has 1 amide bonds. The second-order valence-electron chi connectivity index (χ2n) is 4.31. The topological polar surface area (TPSA) is 103 Å². The molecule has 0 aliphatic rings. The molecule has 2 N–H and O–H groups in total. The van der Waals surface area contributed by atoms with Crippen molar-refractivity contribution >= 4 is 17.6 Å². The third-order valence-corrected chi connectivity index (χ3v) is 2.82. The molecular formula is C15H11N3O3. The van der Waals surface area contributed by atoms with Crippen LogP contribution in [0, 0.1) is 18.3 Å². The lowest BCUT2D eigenvalue weighted by atomic mass is 10.1. The molecule has 0 saturated heterocycles. The minimum absolute atomic E-state index is 0.00309. The Morgan fingerprint density at radius 1 is 1.24 bits per heavy atom. The lowest BCUT2D eigenvalue weighted by Crippen LogP contribution is -2.16. The van der Waals surface area contributed by atoms with Crippen molar-refractivity contribution in [1.29, 1.82) is 5.26 Å². The molecule has 6 heteroatoms. The van der Waals surface area contributed by atoms with E-state index in [1.54, 1.807) is 25.1 Å². The zero-order valence-electron chi connectivity index (χ0n) is 11.1. The first-order chi connectivity index (χ1) is 10.0. The predicted octanol–water partition coefficient (Wildman–Crippen LogP) is 2.21. The molecule has 0 fully saturated rings. The van der Waals surface area contributed by atoms with Crippen LogP contribution in [0.4, 0.5) is 5.69 Å². The van der Waals surface area contributed by atoms with Crippen molar-refractivity contribution < 1.29 is 14.7 Å².